The lowest BCUT2D eigenvalue weighted by molar-refractivity contribution is -0.163. The van der Waals surface area contributed by atoms with Crippen LogP contribution >= 0.6 is 0 Å². The van der Waals surface area contributed by atoms with Gasteiger partial charge in [0.1, 0.15) is 12.2 Å². The van der Waals surface area contributed by atoms with Crippen LogP contribution in [0.5, 0.6) is 0 Å². The minimum Gasteiger partial charge on any atom is -0.387 e. The largest absolute Gasteiger partial charge is 0.387 e. The second-order valence-electron chi connectivity index (χ2n) is 5.82. The van der Waals surface area contributed by atoms with Crippen molar-refractivity contribution in [2.75, 3.05) is 13.2 Å². The number of ether oxygens (including phenoxy) is 2. The fourth-order valence-corrected chi connectivity index (χ4v) is 2.70. The summed E-state index contributed by atoms with van der Waals surface area (Å²) in [6.45, 7) is 7.57. The second kappa shape index (κ2) is 10.4. The highest BCUT2D eigenvalue weighted by Gasteiger charge is 2.36. The van der Waals surface area contributed by atoms with Gasteiger partial charge in [0.05, 0.1) is 12.7 Å². The van der Waals surface area contributed by atoms with E-state index in [1.165, 1.54) is 32.1 Å². The van der Waals surface area contributed by atoms with Crippen molar-refractivity contribution in [3.8, 4) is 0 Å². The van der Waals surface area contributed by atoms with Crippen LogP contribution < -0.4 is 0 Å². The summed E-state index contributed by atoms with van der Waals surface area (Å²) in [6, 6.07) is 0. The summed E-state index contributed by atoms with van der Waals surface area (Å²) < 4.78 is 11.4. The van der Waals surface area contributed by atoms with Gasteiger partial charge in [-0.2, -0.15) is 0 Å². The number of rotatable bonds is 9. The van der Waals surface area contributed by atoms with Gasteiger partial charge in [-0.25, -0.2) is 0 Å². The molecule has 118 valence electrons. The molecule has 1 N–H and O–H groups in total. The topological polar surface area (TPSA) is 38.7 Å². The highest BCUT2D eigenvalue weighted by molar-refractivity contribution is 4.99. The molecule has 0 aliphatic carbocycles. The Morgan fingerprint density at radius 2 is 1.95 bits per heavy atom. The van der Waals surface area contributed by atoms with E-state index < -0.39 is 6.10 Å². The van der Waals surface area contributed by atoms with E-state index in [2.05, 4.69) is 19.9 Å². The Kier molecular flexibility index (Phi) is 9.16. The average molecular weight is 284 g/mol. The molecular weight excluding hydrogens is 252 g/mol. The molecule has 1 saturated heterocycles. The average Bonchev–Trinajstić information content (AvgIpc) is 2.44. The van der Waals surface area contributed by atoms with Crippen molar-refractivity contribution < 1.29 is 14.6 Å². The van der Waals surface area contributed by atoms with Gasteiger partial charge in [-0.15, -0.1) is 0 Å². The van der Waals surface area contributed by atoms with Crippen molar-refractivity contribution in [1.82, 2.24) is 0 Å². The van der Waals surface area contributed by atoms with Gasteiger partial charge in [0.25, 0.3) is 0 Å². The summed E-state index contributed by atoms with van der Waals surface area (Å²) in [5.41, 5.74) is 0. The Hall–Kier alpha value is -0.380. The first-order valence-electron chi connectivity index (χ1n) is 8.28. The highest BCUT2D eigenvalue weighted by atomic mass is 16.5. The summed E-state index contributed by atoms with van der Waals surface area (Å²) in [4.78, 5) is 0. The molecule has 0 unspecified atom stereocenters. The van der Waals surface area contributed by atoms with Crippen molar-refractivity contribution in [1.29, 1.82) is 0 Å². The summed E-state index contributed by atoms with van der Waals surface area (Å²) >= 11 is 0. The van der Waals surface area contributed by atoms with Crippen molar-refractivity contribution in [3.05, 3.63) is 12.2 Å². The van der Waals surface area contributed by atoms with Crippen LogP contribution in [-0.4, -0.2) is 36.6 Å². The third-order valence-corrected chi connectivity index (χ3v) is 3.94. The smallest absolute Gasteiger partial charge is 0.110 e. The minimum atomic E-state index is -0.546. The summed E-state index contributed by atoms with van der Waals surface area (Å²) in [5.74, 6) is 0.253. The molecule has 0 aromatic carbocycles. The Balaban J connectivity index is 2.28. The Morgan fingerprint density at radius 3 is 2.65 bits per heavy atom. The normalized spacial score (nSPS) is 31.0. The van der Waals surface area contributed by atoms with E-state index in [1.807, 2.05) is 13.0 Å². The fourth-order valence-electron chi connectivity index (χ4n) is 2.70. The lowest BCUT2D eigenvalue weighted by atomic mass is 9.93. The van der Waals surface area contributed by atoms with E-state index in [1.54, 1.807) is 0 Å². The third kappa shape index (κ3) is 5.94. The van der Waals surface area contributed by atoms with Crippen molar-refractivity contribution in [2.45, 2.75) is 77.6 Å². The van der Waals surface area contributed by atoms with Crippen LogP contribution in [0.3, 0.4) is 0 Å². The molecule has 0 saturated carbocycles. The van der Waals surface area contributed by atoms with Crippen LogP contribution in [0.15, 0.2) is 12.2 Å². The van der Waals surface area contributed by atoms with Crippen LogP contribution in [0.4, 0.5) is 0 Å². The van der Waals surface area contributed by atoms with E-state index in [0.717, 1.165) is 6.42 Å². The predicted molar refractivity (Wildman–Crippen MR) is 82.8 cm³/mol. The molecule has 20 heavy (non-hydrogen) atoms. The molecule has 0 spiro atoms. The molecule has 0 aromatic heterocycles. The van der Waals surface area contributed by atoms with Gasteiger partial charge in [-0.3, -0.25) is 0 Å². The molecule has 1 heterocycles. The minimum absolute atomic E-state index is 0.104. The number of hydrogen-bond acceptors (Lipinski definition) is 3. The van der Waals surface area contributed by atoms with Crippen LogP contribution in [0.2, 0.25) is 0 Å². The molecular formula is C17H32O3. The highest BCUT2D eigenvalue weighted by Crippen LogP contribution is 2.23. The van der Waals surface area contributed by atoms with Gasteiger partial charge < -0.3 is 14.6 Å². The SMILES string of the molecule is CCCCCCC/C=C\[C@@H]1OC[C@H](C)[C@H](OCC)[C@@H]1O. The predicted octanol–water partition coefficient (Wildman–Crippen LogP) is 3.70. The molecule has 1 aliphatic heterocycles. The number of aliphatic hydroxyl groups is 1. The summed E-state index contributed by atoms with van der Waals surface area (Å²) in [7, 11) is 0. The molecule has 0 radical (unpaired) electrons. The van der Waals surface area contributed by atoms with Crippen molar-refractivity contribution in [3.63, 3.8) is 0 Å². The fraction of sp³-hybridized carbons (Fsp3) is 0.882. The van der Waals surface area contributed by atoms with Gasteiger partial charge >= 0.3 is 0 Å². The lowest BCUT2D eigenvalue weighted by Gasteiger charge is -2.37. The Labute approximate surface area is 124 Å². The zero-order valence-corrected chi connectivity index (χ0v) is 13.4. The van der Waals surface area contributed by atoms with Crippen molar-refractivity contribution >= 4 is 0 Å². The zero-order chi connectivity index (χ0) is 14.8. The van der Waals surface area contributed by atoms with E-state index in [9.17, 15) is 5.11 Å². The lowest BCUT2D eigenvalue weighted by Crippen LogP contribution is -2.49. The first kappa shape index (κ1) is 17.7. The van der Waals surface area contributed by atoms with Gasteiger partial charge in [-0.1, -0.05) is 51.7 Å². The monoisotopic (exact) mass is 284 g/mol. The van der Waals surface area contributed by atoms with Crippen LogP contribution in [0.1, 0.15) is 59.3 Å². The molecule has 0 amide bonds. The molecule has 3 nitrogen and oxygen atoms in total. The van der Waals surface area contributed by atoms with Gasteiger partial charge in [0.2, 0.25) is 0 Å². The summed E-state index contributed by atoms with van der Waals surface area (Å²) in [5, 5.41) is 10.3. The summed E-state index contributed by atoms with van der Waals surface area (Å²) in [6.07, 6.45) is 10.9. The maximum Gasteiger partial charge on any atom is 0.110 e. The maximum absolute atomic E-state index is 10.3. The van der Waals surface area contributed by atoms with E-state index in [0.29, 0.717) is 13.2 Å². The quantitative estimate of drug-likeness (QED) is 0.518. The standard InChI is InChI=1S/C17H32O3/c1-4-6-7-8-9-10-11-12-15-16(18)17(19-5-2)14(3)13-20-15/h11-12,14-18H,4-10,13H2,1-3H3/b12-11-/t14-,15-,16+,17-/m0/s1. The van der Waals surface area contributed by atoms with Gasteiger partial charge in [0, 0.05) is 12.5 Å². The molecule has 4 atom stereocenters. The van der Waals surface area contributed by atoms with E-state index in [4.69, 9.17) is 9.47 Å². The Bertz CT molecular complexity index is 265. The molecule has 0 aromatic rings. The molecule has 1 fully saturated rings. The van der Waals surface area contributed by atoms with E-state index >= 15 is 0 Å². The van der Waals surface area contributed by atoms with Gasteiger partial charge in [0.15, 0.2) is 0 Å². The van der Waals surface area contributed by atoms with Gasteiger partial charge in [-0.05, 0) is 19.8 Å². The van der Waals surface area contributed by atoms with E-state index in [-0.39, 0.29) is 18.1 Å². The van der Waals surface area contributed by atoms with Crippen LogP contribution in [0.25, 0.3) is 0 Å². The maximum atomic E-state index is 10.3. The first-order chi connectivity index (χ1) is 9.70. The number of unbranched alkanes of at least 4 members (excludes halogenated alkanes) is 5. The number of aliphatic hydroxyl groups excluding tert-OH is 1. The van der Waals surface area contributed by atoms with Crippen molar-refractivity contribution in [2.24, 2.45) is 5.92 Å². The number of allylic oxidation sites excluding steroid dienone is 1. The molecule has 3 heteroatoms. The first-order valence-corrected chi connectivity index (χ1v) is 8.28. The molecule has 0 bridgehead atoms. The molecule has 1 rings (SSSR count). The van der Waals surface area contributed by atoms with Crippen LogP contribution in [0, 0.1) is 5.92 Å². The zero-order valence-electron chi connectivity index (χ0n) is 13.4. The Morgan fingerprint density at radius 1 is 1.20 bits per heavy atom. The van der Waals surface area contributed by atoms with Crippen LogP contribution in [-0.2, 0) is 9.47 Å². The molecule has 1 aliphatic rings. The number of hydrogen-bond donors (Lipinski definition) is 1. The third-order valence-electron chi connectivity index (χ3n) is 3.94. The second-order valence-corrected chi connectivity index (χ2v) is 5.82.